The highest BCUT2D eigenvalue weighted by Crippen LogP contribution is 2.41. The van der Waals surface area contributed by atoms with Crippen LogP contribution in [0.25, 0.3) is 11.0 Å². The van der Waals surface area contributed by atoms with E-state index >= 15 is 0 Å². The highest BCUT2D eigenvalue weighted by molar-refractivity contribution is 6.31. The summed E-state index contributed by atoms with van der Waals surface area (Å²) < 4.78 is 6.04. The number of rotatable bonds is 4. The topological polar surface area (TPSA) is 25.2 Å². The van der Waals surface area contributed by atoms with Gasteiger partial charge in [-0.25, -0.2) is 0 Å². The van der Waals surface area contributed by atoms with Crippen LogP contribution in [0.15, 0.2) is 28.7 Å². The van der Waals surface area contributed by atoms with Gasteiger partial charge in [0.25, 0.3) is 0 Å². The van der Waals surface area contributed by atoms with Crippen molar-refractivity contribution < 1.29 is 4.42 Å². The van der Waals surface area contributed by atoms with Crippen LogP contribution in [0, 0.1) is 5.92 Å². The van der Waals surface area contributed by atoms with Gasteiger partial charge in [0.1, 0.15) is 11.3 Å². The van der Waals surface area contributed by atoms with Gasteiger partial charge in [0.05, 0.1) is 0 Å². The van der Waals surface area contributed by atoms with Crippen LogP contribution in [0.2, 0.25) is 5.02 Å². The van der Waals surface area contributed by atoms with Crippen LogP contribution in [0.4, 0.5) is 0 Å². The van der Waals surface area contributed by atoms with E-state index in [4.69, 9.17) is 16.0 Å². The van der Waals surface area contributed by atoms with Gasteiger partial charge < -0.3 is 9.73 Å². The summed E-state index contributed by atoms with van der Waals surface area (Å²) in [6.07, 6.45) is 3.64. The first-order chi connectivity index (χ1) is 9.69. The molecule has 1 saturated carbocycles. The third-order valence-electron chi connectivity index (χ3n) is 4.58. The summed E-state index contributed by atoms with van der Waals surface area (Å²) in [5, 5.41) is 5.55. The minimum atomic E-state index is 0.524. The summed E-state index contributed by atoms with van der Waals surface area (Å²) in [4.78, 5) is 0. The van der Waals surface area contributed by atoms with Crippen molar-refractivity contribution in [2.24, 2.45) is 5.92 Å². The van der Waals surface area contributed by atoms with Crippen molar-refractivity contribution in [2.75, 3.05) is 6.54 Å². The fraction of sp³-hybridized carbons (Fsp3) is 0.529. The number of fused-ring (bicyclic) bond motifs is 1. The van der Waals surface area contributed by atoms with Gasteiger partial charge in [-0.2, -0.15) is 0 Å². The zero-order valence-electron chi connectivity index (χ0n) is 12.2. The van der Waals surface area contributed by atoms with E-state index in [0.29, 0.717) is 17.9 Å². The summed E-state index contributed by atoms with van der Waals surface area (Å²) in [6.45, 7) is 5.66. The first-order valence-corrected chi connectivity index (χ1v) is 7.99. The van der Waals surface area contributed by atoms with E-state index in [1.54, 1.807) is 0 Å². The van der Waals surface area contributed by atoms with Gasteiger partial charge in [-0.3, -0.25) is 0 Å². The van der Waals surface area contributed by atoms with E-state index in [2.05, 4.69) is 25.2 Å². The normalized spacial score (nSPS) is 26.4. The molecule has 3 atom stereocenters. The van der Waals surface area contributed by atoms with Crippen molar-refractivity contribution >= 4 is 22.6 Å². The number of hydrogen-bond donors (Lipinski definition) is 1. The maximum absolute atomic E-state index is 6.04. The van der Waals surface area contributed by atoms with Gasteiger partial charge in [-0.05, 0) is 56.0 Å². The Morgan fingerprint density at radius 3 is 2.95 bits per heavy atom. The average Bonchev–Trinajstić information content (AvgIpc) is 2.99. The van der Waals surface area contributed by atoms with Crippen LogP contribution >= 0.6 is 11.6 Å². The SMILES string of the molecule is CCCNC1CCC(c2cc3cc(Cl)ccc3o2)C1C. The molecule has 0 spiro atoms. The third kappa shape index (κ3) is 2.59. The largest absolute Gasteiger partial charge is 0.461 e. The Morgan fingerprint density at radius 1 is 1.30 bits per heavy atom. The Morgan fingerprint density at radius 2 is 2.15 bits per heavy atom. The molecular weight excluding hydrogens is 270 g/mol. The van der Waals surface area contributed by atoms with Crippen molar-refractivity contribution in [3.63, 3.8) is 0 Å². The fourth-order valence-electron chi connectivity index (χ4n) is 3.40. The smallest absolute Gasteiger partial charge is 0.134 e. The fourth-order valence-corrected chi connectivity index (χ4v) is 3.58. The highest BCUT2D eigenvalue weighted by atomic mass is 35.5. The number of halogens is 1. The molecule has 1 aliphatic rings. The number of furan rings is 1. The molecule has 0 radical (unpaired) electrons. The summed E-state index contributed by atoms with van der Waals surface area (Å²) in [7, 11) is 0. The predicted molar refractivity (Wildman–Crippen MR) is 84.4 cm³/mol. The van der Waals surface area contributed by atoms with Crippen LogP contribution in [0.5, 0.6) is 0 Å². The van der Waals surface area contributed by atoms with Crippen LogP contribution in [0.3, 0.4) is 0 Å². The molecular formula is C17H22ClNO. The molecule has 1 aliphatic carbocycles. The molecule has 1 heterocycles. The lowest BCUT2D eigenvalue weighted by atomic mass is 9.93. The maximum Gasteiger partial charge on any atom is 0.134 e. The average molecular weight is 292 g/mol. The molecule has 3 heteroatoms. The van der Waals surface area contributed by atoms with E-state index in [-0.39, 0.29) is 0 Å². The molecule has 1 N–H and O–H groups in total. The maximum atomic E-state index is 6.04. The Kier molecular flexibility index (Phi) is 4.04. The minimum Gasteiger partial charge on any atom is -0.461 e. The Labute approximate surface area is 125 Å². The zero-order chi connectivity index (χ0) is 14.1. The molecule has 2 aromatic rings. The van der Waals surface area contributed by atoms with Crippen LogP contribution in [-0.2, 0) is 0 Å². The second-order valence-electron chi connectivity index (χ2n) is 5.93. The monoisotopic (exact) mass is 291 g/mol. The molecule has 3 rings (SSSR count). The number of nitrogens with one attached hydrogen (secondary N) is 1. The summed E-state index contributed by atoms with van der Waals surface area (Å²) >= 11 is 6.04. The van der Waals surface area contributed by atoms with Gasteiger partial charge in [-0.1, -0.05) is 25.4 Å². The molecule has 0 amide bonds. The molecule has 20 heavy (non-hydrogen) atoms. The predicted octanol–water partition coefficient (Wildman–Crippen LogP) is 4.97. The van der Waals surface area contributed by atoms with Gasteiger partial charge in [-0.15, -0.1) is 0 Å². The molecule has 0 bridgehead atoms. The quantitative estimate of drug-likeness (QED) is 0.860. The second-order valence-corrected chi connectivity index (χ2v) is 6.37. The molecule has 1 aromatic heterocycles. The Balaban J connectivity index is 1.81. The lowest BCUT2D eigenvalue weighted by Crippen LogP contribution is -2.32. The van der Waals surface area contributed by atoms with Crippen molar-refractivity contribution in [3.8, 4) is 0 Å². The van der Waals surface area contributed by atoms with Gasteiger partial charge in [0.2, 0.25) is 0 Å². The molecule has 1 fully saturated rings. The summed E-state index contributed by atoms with van der Waals surface area (Å²) in [5.74, 6) is 2.27. The lowest BCUT2D eigenvalue weighted by Gasteiger charge is -2.20. The van der Waals surface area contributed by atoms with Gasteiger partial charge in [0.15, 0.2) is 0 Å². The second kappa shape index (κ2) is 5.79. The van der Waals surface area contributed by atoms with Gasteiger partial charge >= 0.3 is 0 Å². The van der Waals surface area contributed by atoms with Crippen molar-refractivity contribution in [1.29, 1.82) is 0 Å². The van der Waals surface area contributed by atoms with E-state index in [1.807, 2.05) is 18.2 Å². The third-order valence-corrected chi connectivity index (χ3v) is 4.81. The Bertz CT molecular complexity index is 592. The molecule has 108 valence electrons. The first-order valence-electron chi connectivity index (χ1n) is 7.61. The standard InChI is InChI=1S/C17H22ClNO/c1-3-8-19-15-6-5-14(11(15)2)17-10-12-9-13(18)4-7-16(12)20-17/h4,7,9-11,14-15,19H,3,5-6,8H2,1-2H3. The lowest BCUT2D eigenvalue weighted by molar-refractivity contribution is 0.374. The van der Waals surface area contributed by atoms with E-state index in [9.17, 15) is 0 Å². The van der Waals surface area contributed by atoms with Crippen LogP contribution < -0.4 is 5.32 Å². The van der Waals surface area contributed by atoms with E-state index < -0.39 is 0 Å². The summed E-state index contributed by atoms with van der Waals surface area (Å²) in [6, 6.07) is 8.63. The van der Waals surface area contributed by atoms with Crippen molar-refractivity contribution in [3.05, 3.63) is 35.0 Å². The van der Waals surface area contributed by atoms with Crippen LogP contribution in [0.1, 0.15) is 44.8 Å². The van der Waals surface area contributed by atoms with Gasteiger partial charge in [0, 0.05) is 22.4 Å². The zero-order valence-corrected chi connectivity index (χ0v) is 12.9. The molecule has 2 nitrogen and oxygen atoms in total. The van der Waals surface area contributed by atoms with Crippen LogP contribution in [-0.4, -0.2) is 12.6 Å². The minimum absolute atomic E-state index is 0.524. The number of benzene rings is 1. The number of hydrogen-bond acceptors (Lipinski definition) is 2. The van der Waals surface area contributed by atoms with E-state index in [0.717, 1.165) is 28.3 Å². The summed E-state index contributed by atoms with van der Waals surface area (Å²) in [5.41, 5.74) is 0.946. The molecule has 3 unspecified atom stereocenters. The first kappa shape index (κ1) is 14.0. The molecule has 0 saturated heterocycles. The molecule has 0 aliphatic heterocycles. The van der Waals surface area contributed by atoms with Crippen molar-refractivity contribution in [1.82, 2.24) is 5.32 Å². The van der Waals surface area contributed by atoms with Crippen molar-refractivity contribution in [2.45, 2.75) is 45.1 Å². The van der Waals surface area contributed by atoms with E-state index in [1.165, 1.54) is 19.3 Å². The Hall–Kier alpha value is -0.990. The molecule has 1 aromatic carbocycles. The highest BCUT2D eigenvalue weighted by Gasteiger charge is 2.35.